The Kier molecular flexibility index (Phi) is 4.07. The lowest BCUT2D eigenvalue weighted by Gasteiger charge is -2.10. The van der Waals surface area contributed by atoms with Gasteiger partial charge in [0.2, 0.25) is 0 Å². The van der Waals surface area contributed by atoms with Gasteiger partial charge in [0.1, 0.15) is 5.75 Å². The first kappa shape index (κ1) is 13.4. The topological polar surface area (TPSA) is 52.3 Å². The number of hydrogen-bond donors (Lipinski definition) is 1. The monoisotopic (exact) mass is 275 g/mol. The maximum absolute atomic E-state index is 12.5. The largest absolute Gasteiger partial charge is 0.493 e. The summed E-state index contributed by atoms with van der Waals surface area (Å²) in [6.07, 6.45) is 0. The number of anilines is 1. The molecule has 2 rings (SSSR count). The van der Waals surface area contributed by atoms with Gasteiger partial charge in [-0.3, -0.25) is 4.79 Å². The van der Waals surface area contributed by atoms with Gasteiger partial charge in [0.15, 0.2) is 5.78 Å². The van der Waals surface area contributed by atoms with Gasteiger partial charge in [-0.15, -0.1) is 0 Å². The number of ether oxygens (including phenoxy) is 1. The van der Waals surface area contributed by atoms with Crippen LogP contribution in [0.1, 0.15) is 22.8 Å². The number of carbonyl (C=O) groups is 1. The molecule has 0 atom stereocenters. The van der Waals surface area contributed by atoms with Crippen LogP contribution < -0.4 is 10.5 Å². The molecule has 2 aromatic carbocycles. The van der Waals surface area contributed by atoms with Gasteiger partial charge in [-0.05, 0) is 37.3 Å². The normalized spacial score (nSPS) is 10.2. The summed E-state index contributed by atoms with van der Waals surface area (Å²) in [5.41, 5.74) is 7.20. The van der Waals surface area contributed by atoms with Gasteiger partial charge in [-0.2, -0.15) is 0 Å². The number of nitrogens with two attached hydrogens (primary N) is 1. The summed E-state index contributed by atoms with van der Waals surface area (Å²) >= 11 is 5.95. The third kappa shape index (κ3) is 3.06. The van der Waals surface area contributed by atoms with Crippen LogP contribution in [0.25, 0.3) is 0 Å². The minimum atomic E-state index is -0.154. The molecule has 0 saturated heterocycles. The number of hydrogen-bond acceptors (Lipinski definition) is 3. The zero-order chi connectivity index (χ0) is 13.8. The summed E-state index contributed by atoms with van der Waals surface area (Å²) in [5, 5.41) is 0.496. The first-order valence-corrected chi connectivity index (χ1v) is 6.32. The van der Waals surface area contributed by atoms with Crippen molar-refractivity contribution in [3.05, 3.63) is 58.6 Å². The molecule has 3 nitrogen and oxygen atoms in total. The van der Waals surface area contributed by atoms with E-state index in [2.05, 4.69) is 0 Å². The third-order valence-electron chi connectivity index (χ3n) is 2.63. The van der Waals surface area contributed by atoms with Crippen molar-refractivity contribution in [2.45, 2.75) is 6.92 Å². The van der Waals surface area contributed by atoms with Crippen molar-refractivity contribution < 1.29 is 9.53 Å². The molecule has 4 heteroatoms. The summed E-state index contributed by atoms with van der Waals surface area (Å²) in [7, 11) is 0. The van der Waals surface area contributed by atoms with Crippen molar-refractivity contribution in [3.63, 3.8) is 0 Å². The minimum absolute atomic E-state index is 0.154. The fourth-order valence-electron chi connectivity index (χ4n) is 1.80. The Morgan fingerprint density at radius 2 is 2.05 bits per heavy atom. The molecular formula is C15H14ClNO2. The molecule has 0 aliphatic carbocycles. The van der Waals surface area contributed by atoms with E-state index in [4.69, 9.17) is 22.1 Å². The molecule has 0 aliphatic heterocycles. The maximum Gasteiger partial charge on any atom is 0.196 e. The molecule has 0 amide bonds. The van der Waals surface area contributed by atoms with Crippen molar-refractivity contribution in [3.8, 4) is 5.75 Å². The number of benzene rings is 2. The lowest BCUT2D eigenvalue weighted by Crippen LogP contribution is -2.06. The predicted octanol–water partition coefficient (Wildman–Crippen LogP) is 3.55. The van der Waals surface area contributed by atoms with E-state index in [0.717, 1.165) is 0 Å². The van der Waals surface area contributed by atoms with Gasteiger partial charge >= 0.3 is 0 Å². The molecule has 2 aromatic rings. The highest BCUT2D eigenvalue weighted by molar-refractivity contribution is 6.31. The molecular weight excluding hydrogens is 262 g/mol. The highest BCUT2D eigenvalue weighted by Crippen LogP contribution is 2.26. The summed E-state index contributed by atoms with van der Waals surface area (Å²) < 4.78 is 5.45. The quantitative estimate of drug-likeness (QED) is 0.686. The van der Waals surface area contributed by atoms with Gasteiger partial charge in [-0.25, -0.2) is 0 Å². The molecule has 0 radical (unpaired) electrons. The number of carbonyl (C=O) groups excluding carboxylic acids is 1. The van der Waals surface area contributed by atoms with Crippen LogP contribution in [-0.2, 0) is 0 Å². The lowest BCUT2D eigenvalue weighted by molar-refractivity contribution is 0.103. The van der Waals surface area contributed by atoms with Crippen LogP contribution in [0.4, 0.5) is 5.69 Å². The molecule has 0 bridgehead atoms. The molecule has 0 unspecified atom stereocenters. The summed E-state index contributed by atoms with van der Waals surface area (Å²) in [5.74, 6) is 0.373. The van der Waals surface area contributed by atoms with Crippen LogP contribution in [0.5, 0.6) is 5.75 Å². The van der Waals surface area contributed by atoms with Crippen molar-refractivity contribution >= 4 is 23.1 Å². The summed E-state index contributed by atoms with van der Waals surface area (Å²) in [6, 6.07) is 11.8. The fourth-order valence-corrected chi connectivity index (χ4v) is 1.97. The van der Waals surface area contributed by atoms with Gasteiger partial charge in [-0.1, -0.05) is 23.7 Å². The standard InChI is InChI=1S/C15H14ClNO2/c1-2-19-14-7-6-11(16)9-13(14)15(18)10-4-3-5-12(17)8-10/h3-9H,2,17H2,1H3. The summed E-state index contributed by atoms with van der Waals surface area (Å²) in [4.78, 5) is 12.5. The Morgan fingerprint density at radius 3 is 2.74 bits per heavy atom. The summed E-state index contributed by atoms with van der Waals surface area (Å²) in [6.45, 7) is 2.35. The maximum atomic E-state index is 12.5. The Balaban J connectivity index is 2.45. The van der Waals surface area contributed by atoms with E-state index in [1.54, 1.807) is 42.5 Å². The molecule has 0 aromatic heterocycles. The van der Waals surface area contributed by atoms with Crippen LogP contribution in [0.15, 0.2) is 42.5 Å². The van der Waals surface area contributed by atoms with Crippen LogP contribution >= 0.6 is 11.6 Å². The number of rotatable bonds is 4. The second-order valence-corrected chi connectivity index (χ2v) is 4.46. The van der Waals surface area contributed by atoms with Crippen LogP contribution in [-0.4, -0.2) is 12.4 Å². The SMILES string of the molecule is CCOc1ccc(Cl)cc1C(=O)c1cccc(N)c1. The number of halogens is 1. The lowest BCUT2D eigenvalue weighted by atomic mass is 10.0. The molecule has 0 heterocycles. The molecule has 0 aliphatic rings. The van der Waals surface area contributed by atoms with Crippen molar-refractivity contribution in [2.24, 2.45) is 0 Å². The van der Waals surface area contributed by atoms with E-state index in [1.807, 2.05) is 6.92 Å². The third-order valence-corrected chi connectivity index (χ3v) is 2.87. The van der Waals surface area contributed by atoms with Crippen LogP contribution in [0.2, 0.25) is 5.02 Å². The minimum Gasteiger partial charge on any atom is -0.493 e. The van der Waals surface area contributed by atoms with E-state index in [1.165, 1.54) is 0 Å². The first-order chi connectivity index (χ1) is 9.11. The smallest absolute Gasteiger partial charge is 0.196 e. The highest BCUT2D eigenvalue weighted by atomic mass is 35.5. The van der Waals surface area contributed by atoms with Gasteiger partial charge in [0.05, 0.1) is 12.2 Å². The number of ketones is 1. The zero-order valence-electron chi connectivity index (χ0n) is 10.5. The average molecular weight is 276 g/mol. The van der Waals surface area contributed by atoms with Crippen molar-refractivity contribution in [1.29, 1.82) is 0 Å². The Bertz CT molecular complexity index is 611. The van der Waals surface area contributed by atoms with Gasteiger partial charge < -0.3 is 10.5 Å². The van der Waals surface area contributed by atoms with E-state index in [9.17, 15) is 4.79 Å². The van der Waals surface area contributed by atoms with Crippen LogP contribution in [0.3, 0.4) is 0 Å². The zero-order valence-corrected chi connectivity index (χ0v) is 11.3. The molecule has 98 valence electrons. The fraction of sp³-hybridized carbons (Fsp3) is 0.133. The molecule has 19 heavy (non-hydrogen) atoms. The molecule has 0 fully saturated rings. The van der Waals surface area contributed by atoms with Crippen molar-refractivity contribution in [2.75, 3.05) is 12.3 Å². The average Bonchev–Trinajstić information content (AvgIpc) is 2.40. The van der Waals surface area contributed by atoms with Gasteiger partial charge in [0.25, 0.3) is 0 Å². The van der Waals surface area contributed by atoms with Crippen LogP contribution in [0, 0.1) is 0 Å². The second kappa shape index (κ2) is 5.76. The van der Waals surface area contributed by atoms with Gasteiger partial charge in [0, 0.05) is 16.3 Å². The molecule has 0 spiro atoms. The highest BCUT2D eigenvalue weighted by Gasteiger charge is 2.15. The Morgan fingerprint density at radius 1 is 1.26 bits per heavy atom. The van der Waals surface area contributed by atoms with E-state index < -0.39 is 0 Å². The Hall–Kier alpha value is -2.00. The van der Waals surface area contributed by atoms with E-state index >= 15 is 0 Å². The Labute approximate surface area is 117 Å². The van der Waals surface area contributed by atoms with E-state index in [0.29, 0.717) is 34.2 Å². The van der Waals surface area contributed by atoms with Crippen molar-refractivity contribution in [1.82, 2.24) is 0 Å². The first-order valence-electron chi connectivity index (χ1n) is 5.94. The van der Waals surface area contributed by atoms with E-state index in [-0.39, 0.29) is 5.78 Å². The second-order valence-electron chi connectivity index (χ2n) is 4.03. The molecule has 0 saturated carbocycles. The molecule has 2 N–H and O–H groups in total. The predicted molar refractivity (Wildman–Crippen MR) is 76.9 cm³/mol. The number of nitrogen functional groups attached to an aromatic ring is 1.